The first-order valence-corrected chi connectivity index (χ1v) is 13.4. The molecule has 10 heteroatoms. The number of ether oxygens (including phenoxy) is 2. The minimum absolute atomic E-state index is 0.0775. The molecule has 39 heavy (non-hydrogen) atoms. The lowest BCUT2D eigenvalue weighted by Gasteiger charge is -2.28. The van der Waals surface area contributed by atoms with E-state index in [1.807, 2.05) is 38.1 Å². The molecule has 1 aromatic carbocycles. The van der Waals surface area contributed by atoms with Gasteiger partial charge in [-0.1, -0.05) is 32.0 Å². The number of aromatic nitrogens is 1. The molecule has 5 N–H and O–H groups in total. The lowest BCUT2D eigenvalue weighted by Crippen LogP contribution is -2.53. The van der Waals surface area contributed by atoms with Gasteiger partial charge in [0.2, 0.25) is 11.8 Å². The summed E-state index contributed by atoms with van der Waals surface area (Å²) in [5, 5.41) is 15.8. The number of nitrogens with one attached hydrogen (secondary N) is 2. The van der Waals surface area contributed by atoms with Crippen LogP contribution in [0.5, 0.6) is 5.75 Å². The van der Waals surface area contributed by atoms with Crippen LogP contribution in [0, 0.1) is 11.3 Å². The lowest BCUT2D eigenvalue weighted by molar-refractivity contribution is -0.150. The summed E-state index contributed by atoms with van der Waals surface area (Å²) in [4.78, 5) is 42.9. The predicted octanol–water partition coefficient (Wildman–Crippen LogP) is 2.74. The highest BCUT2D eigenvalue weighted by Crippen LogP contribution is 2.27. The molecule has 2 aromatic rings. The molecule has 0 saturated heterocycles. The number of amides is 2. The molecule has 2 aliphatic rings. The summed E-state index contributed by atoms with van der Waals surface area (Å²) in [6.45, 7) is 6.99. The molecular formula is C29H40N4O6. The first kappa shape index (κ1) is 29.9. The Balaban J connectivity index is 1.79. The fraction of sp³-hybridized carbons (Fsp3) is 0.517. The van der Waals surface area contributed by atoms with Gasteiger partial charge in [0.15, 0.2) is 0 Å². The molecule has 2 bridgehead atoms. The van der Waals surface area contributed by atoms with E-state index in [0.29, 0.717) is 31.2 Å². The van der Waals surface area contributed by atoms with Crippen LogP contribution in [0.1, 0.15) is 51.2 Å². The lowest BCUT2D eigenvalue weighted by atomic mass is 9.80. The summed E-state index contributed by atoms with van der Waals surface area (Å²) in [7, 11) is 0. The Morgan fingerprint density at radius 1 is 1.18 bits per heavy atom. The van der Waals surface area contributed by atoms with Crippen molar-refractivity contribution < 1.29 is 29.0 Å². The number of benzene rings is 1. The number of nitrogens with zero attached hydrogens (tertiary/aromatic N) is 1. The van der Waals surface area contributed by atoms with Crippen LogP contribution in [-0.4, -0.2) is 59.8 Å². The van der Waals surface area contributed by atoms with E-state index in [4.69, 9.17) is 15.2 Å². The van der Waals surface area contributed by atoms with E-state index in [1.165, 1.54) is 13.1 Å². The zero-order chi connectivity index (χ0) is 28.4. The van der Waals surface area contributed by atoms with Gasteiger partial charge in [0.25, 0.3) is 0 Å². The number of aliphatic carboxylic acids is 1. The molecule has 1 aromatic heterocycles. The van der Waals surface area contributed by atoms with Crippen molar-refractivity contribution in [3.05, 3.63) is 53.7 Å². The van der Waals surface area contributed by atoms with E-state index < -0.39 is 23.3 Å². The molecular weight excluding hydrogens is 500 g/mol. The van der Waals surface area contributed by atoms with E-state index in [2.05, 4.69) is 15.6 Å². The number of hydrogen-bond donors (Lipinski definition) is 4. The molecule has 0 saturated carbocycles. The molecule has 0 spiro atoms. The Morgan fingerprint density at radius 3 is 2.54 bits per heavy atom. The van der Waals surface area contributed by atoms with Gasteiger partial charge in [-0.15, -0.1) is 0 Å². The molecule has 2 aliphatic heterocycles. The number of hydrogen-bond acceptors (Lipinski definition) is 7. The van der Waals surface area contributed by atoms with Gasteiger partial charge in [0, 0.05) is 25.6 Å². The fourth-order valence-corrected chi connectivity index (χ4v) is 4.36. The number of nitrogens with two attached hydrogens (primary N) is 1. The van der Waals surface area contributed by atoms with Crippen molar-refractivity contribution in [3.63, 3.8) is 0 Å². The van der Waals surface area contributed by atoms with Crippen LogP contribution in [0.15, 0.2) is 42.6 Å². The number of fused-ring (bicyclic) bond motifs is 13. The second-order valence-electron chi connectivity index (χ2n) is 10.8. The number of carbonyl (C=O) groups is 3. The minimum atomic E-state index is -1.41. The maximum Gasteiger partial charge on any atom is 0.310 e. The Kier molecular flexibility index (Phi) is 10.7. The Labute approximate surface area is 229 Å². The van der Waals surface area contributed by atoms with E-state index >= 15 is 0 Å². The molecule has 0 fully saturated rings. The van der Waals surface area contributed by atoms with Crippen molar-refractivity contribution in [1.82, 2.24) is 15.6 Å². The molecule has 3 heterocycles. The van der Waals surface area contributed by atoms with Gasteiger partial charge in [-0.05, 0) is 61.4 Å². The number of rotatable bonds is 7. The highest BCUT2D eigenvalue weighted by Gasteiger charge is 2.37. The normalized spacial score (nSPS) is 20.5. The van der Waals surface area contributed by atoms with Crippen molar-refractivity contribution in [3.8, 4) is 5.75 Å². The number of carboxylic acid groups (broad SMARTS) is 1. The third-order valence-corrected chi connectivity index (χ3v) is 6.91. The zero-order valence-corrected chi connectivity index (χ0v) is 22.9. The molecule has 4 rings (SSSR count). The second-order valence-corrected chi connectivity index (χ2v) is 10.8. The highest BCUT2D eigenvalue weighted by atomic mass is 16.5. The average molecular weight is 541 g/mol. The minimum Gasteiger partial charge on any atom is -0.494 e. The van der Waals surface area contributed by atoms with Gasteiger partial charge in [-0.2, -0.15) is 0 Å². The van der Waals surface area contributed by atoms with E-state index in [-0.39, 0.29) is 37.1 Å². The first-order chi connectivity index (χ1) is 18.6. The topological polar surface area (TPSA) is 153 Å². The largest absolute Gasteiger partial charge is 0.494 e. The molecule has 0 aliphatic carbocycles. The molecule has 3 atom stereocenters. The standard InChI is InChI=1S/C29H40N4O6/c1-19(2)24-18-38-12-4-5-13-39-22-9-6-20(7-10-22)14-23(27(35)33-24)32-26(34)16-29(3,28(36)37)15-21-8-11-25(30)31-17-21/h6-11,17,19,23-24H,4-5,12-16,18H2,1-3H3,(H2,30,31)(H,32,34)(H,33,35)(H,36,37)/t23-,24-,29?/m1/s1. The van der Waals surface area contributed by atoms with E-state index in [9.17, 15) is 19.5 Å². The fourth-order valence-electron chi connectivity index (χ4n) is 4.36. The summed E-state index contributed by atoms with van der Waals surface area (Å²) in [5.41, 5.74) is 5.71. The van der Waals surface area contributed by atoms with Crippen LogP contribution in [0.2, 0.25) is 0 Å². The number of anilines is 1. The van der Waals surface area contributed by atoms with Crippen molar-refractivity contribution in [1.29, 1.82) is 0 Å². The summed E-state index contributed by atoms with van der Waals surface area (Å²) in [6.07, 6.45) is 3.19. The maximum atomic E-state index is 13.4. The van der Waals surface area contributed by atoms with Gasteiger partial charge < -0.3 is 30.9 Å². The van der Waals surface area contributed by atoms with Crippen molar-refractivity contribution in [2.24, 2.45) is 11.3 Å². The van der Waals surface area contributed by atoms with Gasteiger partial charge in [0.05, 0.1) is 24.7 Å². The summed E-state index contributed by atoms with van der Waals surface area (Å²) in [6, 6.07) is 9.55. The van der Waals surface area contributed by atoms with Crippen LogP contribution in [-0.2, 0) is 32.0 Å². The molecule has 1 unspecified atom stereocenters. The predicted molar refractivity (Wildman–Crippen MR) is 147 cm³/mol. The number of carbonyl (C=O) groups excluding carboxylic acids is 2. The third-order valence-electron chi connectivity index (χ3n) is 6.91. The smallest absolute Gasteiger partial charge is 0.310 e. The van der Waals surface area contributed by atoms with Gasteiger partial charge in [-0.25, -0.2) is 4.98 Å². The van der Waals surface area contributed by atoms with Gasteiger partial charge in [0.1, 0.15) is 17.6 Å². The van der Waals surface area contributed by atoms with Crippen molar-refractivity contribution >= 4 is 23.6 Å². The van der Waals surface area contributed by atoms with Crippen molar-refractivity contribution in [2.75, 3.05) is 25.6 Å². The maximum absolute atomic E-state index is 13.4. The zero-order valence-electron chi connectivity index (χ0n) is 22.9. The quantitative estimate of drug-likeness (QED) is 0.418. The number of carboxylic acids is 1. The molecule has 0 radical (unpaired) electrons. The average Bonchev–Trinajstić information content (AvgIpc) is 2.88. The monoisotopic (exact) mass is 540 g/mol. The summed E-state index contributed by atoms with van der Waals surface area (Å²) >= 11 is 0. The van der Waals surface area contributed by atoms with Crippen molar-refractivity contribution in [2.45, 2.75) is 65.0 Å². The second kappa shape index (κ2) is 13.9. The SMILES string of the molecule is CC(C)[C@H]1COCCCCOc2ccc(cc2)C[C@@H](NC(=O)CC(C)(Cc2ccc(N)nc2)C(=O)O)C(=O)N1. The number of pyridine rings is 1. The number of nitrogen functional groups attached to an aromatic ring is 1. The summed E-state index contributed by atoms with van der Waals surface area (Å²) in [5.74, 6) is -0.844. The van der Waals surface area contributed by atoms with Crippen LogP contribution >= 0.6 is 0 Å². The van der Waals surface area contributed by atoms with Crippen LogP contribution in [0.3, 0.4) is 0 Å². The van der Waals surface area contributed by atoms with Gasteiger partial charge in [-0.3, -0.25) is 14.4 Å². The molecule has 10 nitrogen and oxygen atoms in total. The van der Waals surface area contributed by atoms with Crippen LogP contribution in [0.25, 0.3) is 0 Å². The first-order valence-electron chi connectivity index (χ1n) is 13.4. The van der Waals surface area contributed by atoms with Crippen LogP contribution < -0.4 is 21.1 Å². The van der Waals surface area contributed by atoms with E-state index in [0.717, 1.165) is 24.2 Å². The molecule has 2 amide bonds. The Morgan fingerprint density at radius 2 is 1.90 bits per heavy atom. The molecule has 212 valence electrons. The Bertz CT molecular complexity index is 1110. The van der Waals surface area contributed by atoms with Gasteiger partial charge >= 0.3 is 5.97 Å². The Hall–Kier alpha value is -3.66. The summed E-state index contributed by atoms with van der Waals surface area (Å²) < 4.78 is 11.6. The third kappa shape index (κ3) is 9.24. The highest BCUT2D eigenvalue weighted by molar-refractivity contribution is 5.90. The van der Waals surface area contributed by atoms with E-state index in [1.54, 1.807) is 12.1 Å². The van der Waals surface area contributed by atoms with Crippen LogP contribution in [0.4, 0.5) is 5.82 Å².